The van der Waals surface area contributed by atoms with Crippen LogP contribution in [0.3, 0.4) is 0 Å². The smallest absolute Gasteiger partial charge is 0.338 e. The normalized spacial score (nSPS) is 17.1. The minimum Gasteiger partial charge on any atom is -0.338 e. The van der Waals surface area contributed by atoms with E-state index in [0.717, 1.165) is 29.6 Å². The third-order valence-electron chi connectivity index (χ3n) is 5.04. The maximum atomic E-state index is 13.1. The zero-order valence-electron chi connectivity index (χ0n) is 14.3. The van der Waals surface area contributed by atoms with Crippen molar-refractivity contribution in [3.63, 3.8) is 0 Å². The van der Waals surface area contributed by atoms with Crippen molar-refractivity contribution in [1.82, 2.24) is 15.1 Å². The lowest BCUT2D eigenvalue weighted by molar-refractivity contribution is -0.392. The summed E-state index contributed by atoms with van der Waals surface area (Å²) in [5, 5.41) is 7.37. The highest BCUT2D eigenvalue weighted by Gasteiger charge is 2.37. The fourth-order valence-corrected chi connectivity index (χ4v) is 3.65. The van der Waals surface area contributed by atoms with Crippen LogP contribution in [0.5, 0.6) is 0 Å². The lowest BCUT2D eigenvalue weighted by Gasteiger charge is -2.30. The molecule has 26 heavy (non-hydrogen) atoms. The van der Waals surface area contributed by atoms with Gasteiger partial charge in [0.1, 0.15) is 11.3 Å². The highest BCUT2D eigenvalue weighted by molar-refractivity contribution is 5.74. The van der Waals surface area contributed by atoms with Gasteiger partial charge in [-0.25, -0.2) is 4.98 Å². The number of aromatic amines is 2. The number of aryl methyl sites for hydroxylation is 1. The SMILES string of the molecule is CC(=O)N1CCc2[nH]nc(N3CCCc4[nH+]cc(C(F)(F)F)cc43)c2C1. The number of nitrogens with zero attached hydrogens (tertiary/aromatic N) is 3. The lowest BCUT2D eigenvalue weighted by Crippen LogP contribution is -2.35. The Hall–Kier alpha value is -2.58. The molecular formula is C17H19F3N5O+. The Morgan fingerprint density at radius 3 is 2.85 bits per heavy atom. The molecule has 2 aliphatic heterocycles. The average molecular weight is 366 g/mol. The maximum absolute atomic E-state index is 13.1. The average Bonchev–Trinajstić information content (AvgIpc) is 3.02. The van der Waals surface area contributed by atoms with Crippen molar-refractivity contribution in [2.24, 2.45) is 0 Å². The van der Waals surface area contributed by atoms with Crippen molar-refractivity contribution >= 4 is 17.4 Å². The first kappa shape index (κ1) is 16.9. The van der Waals surface area contributed by atoms with Gasteiger partial charge in [-0.3, -0.25) is 9.89 Å². The van der Waals surface area contributed by atoms with Crippen LogP contribution in [0.2, 0.25) is 0 Å². The van der Waals surface area contributed by atoms with E-state index in [-0.39, 0.29) is 5.91 Å². The number of fused-ring (bicyclic) bond motifs is 2. The monoisotopic (exact) mass is 366 g/mol. The number of H-pyrrole nitrogens is 2. The molecule has 0 bridgehead atoms. The number of carbonyl (C=O) groups is 1. The first-order valence-electron chi connectivity index (χ1n) is 8.55. The van der Waals surface area contributed by atoms with E-state index in [1.54, 1.807) is 4.90 Å². The number of halogens is 3. The van der Waals surface area contributed by atoms with Gasteiger partial charge in [0.05, 0.1) is 6.54 Å². The van der Waals surface area contributed by atoms with Crippen LogP contribution in [0.4, 0.5) is 24.7 Å². The number of carbonyl (C=O) groups excluding carboxylic acids is 1. The summed E-state index contributed by atoms with van der Waals surface area (Å²) < 4.78 is 39.4. The molecule has 2 aromatic rings. The molecule has 138 valence electrons. The van der Waals surface area contributed by atoms with Crippen LogP contribution < -0.4 is 9.88 Å². The minimum absolute atomic E-state index is 0.0189. The van der Waals surface area contributed by atoms with Crippen LogP contribution in [0.25, 0.3) is 0 Å². The van der Waals surface area contributed by atoms with E-state index in [1.807, 2.05) is 4.90 Å². The predicted octanol–water partition coefficient (Wildman–Crippen LogP) is 2.23. The number of amides is 1. The molecule has 0 fully saturated rings. The Labute approximate surface area is 148 Å². The van der Waals surface area contributed by atoms with Gasteiger partial charge in [-0.1, -0.05) is 0 Å². The minimum atomic E-state index is -4.41. The molecule has 6 nitrogen and oxygen atoms in total. The topological polar surface area (TPSA) is 66.4 Å². The summed E-state index contributed by atoms with van der Waals surface area (Å²) >= 11 is 0. The van der Waals surface area contributed by atoms with Gasteiger partial charge in [0.2, 0.25) is 11.6 Å². The van der Waals surface area contributed by atoms with Gasteiger partial charge in [0, 0.05) is 44.1 Å². The fraction of sp³-hybridized carbons (Fsp3) is 0.471. The Balaban J connectivity index is 1.76. The van der Waals surface area contributed by atoms with Crippen LogP contribution >= 0.6 is 0 Å². The van der Waals surface area contributed by atoms with Crippen molar-refractivity contribution < 1.29 is 22.9 Å². The largest absolute Gasteiger partial charge is 0.422 e. The molecule has 0 saturated carbocycles. The molecule has 0 atom stereocenters. The second kappa shape index (κ2) is 6.00. The van der Waals surface area contributed by atoms with Gasteiger partial charge >= 0.3 is 6.18 Å². The Morgan fingerprint density at radius 1 is 1.31 bits per heavy atom. The number of hydrogen-bond acceptors (Lipinski definition) is 3. The highest BCUT2D eigenvalue weighted by Crippen LogP contribution is 2.38. The van der Waals surface area contributed by atoms with Crippen LogP contribution in [-0.2, 0) is 30.4 Å². The third-order valence-corrected chi connectivity index (χ3v) is 5.04. The molecule has 0 radical (unpaired) electrons. The summed E-state index contributed by atoms with van der Waals surface area (Å²) in [6.45, 7) is 3.14. The van der Waals surface area contributed by atoms with E-state index < -0.39 is 11.7 Å². The van der Waals surface area contributed by atoms with Gasteiger partial charge in [-0.15, -0.1) is 0 Å². The molecule has 4 rings (SSSR count). The molecule has 0 spiro atoms. The number of rotatable bonds is 1. The van der Waals surface area contributed by atoms with E-state index in [1.165, 1.54) is 13.0 Å². The summed E-state index contributed by atoms with van der Waals surface area (Å²) in [7, 11) is 0. The molecular weight excluding hydrogens is 347 g/mol. The molecule has 2 N–H and O–H groups in total. The second-order valence-electron chi connectivity index (χ2n) is 6.70. The van der Waals surface area contributed by atoms with Crippen molar-refractivity contribution in [2.75, 3.05) is 18.0 Å². The number of nitrogens with one attached hydrogen (secondary N) is 2. The number of pyridine rings is 1. The number of aromatic nitrogens is 3. The van der Waals surface area contributed by atoms with Gasteiger partial charge in [0.15, 0.2) is 12.0 Å². The van der Waals surface area contributed by atoms with Crippen molar-refractivity contribution in [3.05, 3.63) is 34.8 Å². The Morgan fingerprint density at radius 2 is 2.12 bits per heavy atom. The van der Waals surface area contributed by atoms with Gasteiger partial charge in [-0.2, -0.15) is 18.3 Å². The molecule has 0 aliphatic carbocycles. The van der Waals surface area contributed by atoms with Crippen molar-refractivity contribution in [2.45, 2.75) is 38.9 Å². The van der Waals surface area contributed by atoms with E-state index in [4.69, 9.17) is 0 Å². The molecule has 2 aliphatic rings. The van der Waals surface area contributed by atoms with Crippen LogP contribution in [0, 0.1) is 0 Å². The van der Waals surface area contributed by atoms with Crippen LogP contribution in [0.1, 0.15) is 35.9 Å². The van der Waals surface area contributed by atoms with E-state index in [9.17, 15) is 18.0 Å². The number of alkyl halides is 3. The molecule has 0 saturated heterocycles. The summed E-state index contributed by atoms with van der Waals surface area (Å²) in [4.78, 5) is 18.1. The molecule has 1 amide bonds. The van der Waals surface area contributed by atoms with Crippen molar-refractivity contribution in [3.8, 4) is 0 Å². The van der Waals surface area contributed by atoms with Gasteiger partial charge < -0.3 is 9.80 Å². The maximum Gasteiger partial charge on any atom is 0.422 e. The summed E-state index contributed by atoms with van der Waals surface area (Å²) in [5.74, 6) is 0.592. The first-order chi connectivity index (χ1) is 12.3. The summed E-state index contributed by atoms with van der Waals surface area (Å²) in [6, 6.07) is 1.18. The van der Waals surface area contributed by atoms with Gasteiger partial charge in [-0.05, 0) is 12.5 Å². The van der Waals surface area contributed by atoms with Gasteiger partial charge in [0.25, 0.3) is 0 Å². The molecule has 9 heteroatoms. The fourth-order valence-electron chi connectivity index (χ4n) is 3.65. The Bertz CT molecular complexity index is 861. The Kier molecular flexibility index (Phi) is 3.89. The van der Waals surface area contributed by atoms with E-state index in [2.05, 4.69) is 15.2 Å². The van der Waals surface area contributed by atoms with Crippen LogP contribution in [0.15, 0.2) is 12.3 Å². The standard InChI is InChI=1S/C17H18F3N5O/c1-10(26)24-6-4-13-12(9-24)16(23-22-13)25-5-2-3-14-15(25)7-11(8-21-14)17(18,19)20/h7-8H,2-6,9H2,1H3,(H,22,23)/p+1. The predicted molar refractivity (Wildman–Crippen MR) is 86.7 cm³/mol. The van der Waals surface area contributed by atoms with Crippen LogP contribution in [-0.4, -0.2) is 34.1 Å². The number of hydrogen-bond donors (Lipinski definition) is 1. The third kappa shape index (κ3) is 2.81. The first-order valence-corrected chi connectivity index (χ1v) is 8.55. The zero-order chi connectivity index (χ0) is 18.5. The molecule has 2 aromatic heterocycles. The number of anilines is 2. The van der Waals surface area contributed by atoms with E-state index >= 15 is 0 Å². The molecule has 4 heterocycles. The summed E-state index contributed by atoms with van der Waals surface area (Å²) in [6.07, 6.45) is -1.23. The molecule has 0 unspecified atom stereocenters. The molecule has 0 aromatic carbocycles. The quantitative estimate of drug-likeness (QED) is 0.842. The highest BCUT2D eigenvalue weighted by atomic mass is 19.4. The van der Waals surface area contributed by atoms with Crippen molar-refractivity contribution in [1.29, 1.82) is 0 Å². The zero-order valence-corrected chi connectivity index (χ0v) is 14.3. The summed E-state index contributed by atoms with van der Waals surface area (Å²) in [5.41, 5.74) is 2.38. The lowest BCUT2D eigenvalue weighted by atomic mass is 10.0. The second-order valence-corrected chi connectivity index (χ2v) is 6.70. The van der Waals surface area contributed by atoms with E-state index in [0.29, 0.717) is 44.0 Å².